The molecule has 21 heavy (non-hydrogen) atoms. The van der Waals surface area contributed by atoms with Gasteiger partial charge in [0.05, 0.1) is 6.33 Å². The minimum atomic E-state index is -0.152. The number of rotatable bonds is 5. The Bertz CT molecular complexity index is 699. The SMILES string of the molecule is Nc1cccc(NC(=O)CCCn2cncc(Br)c2=O)c1. The maximum Gasteiger partial charge on any atom is 0.267 e. The van der Waals surface area contributed by atoms with E-state index in [-0.39, 0.29) is 11.5 Å². The van der Waals surface area contributed by atoms with E-state index >= 15 is 0 Å². The first kappa shape index (κ1) is 15.2. The fourth-order valence-corrected chi connectivity index (χ4v) is 2.18. The normalized spacial score (nSPS) is 10.3. The Balaban J connectivity index is 1.85. The van der Waals surface area contributed by atoms with Crippen LogP contribution in [0.5, 0.6) is 0 Å². The van der Waals surface area contributed by atoms with Crippen molar-refractivity contribution in [3.8, 4) is 0 Å². The Morgan fingerprint density at radius 3 is 3.00 bits per heavy atom. The van der Waals surface area contributed by atoms with Gasteiger partial charge in [-0.1, -0.05) is 6.07 Å². The van der Waals surface area contributed by atoms with Crippen molar-refractivity contribution in [1.82, 2.24) is 9.55 Å². The van der Waals surface area contributed by atoms with Crippen molar-refractivity contribution in [1.29, 1.82) is 0 Å². The maximum absolute atomic E-state index is 11.8. The third-order valence-electron chi connectivity index (χ3n) is 2.83. The molecular formula is C14H15BrN4O2. The van der Waals surface area contributed by atoms with Crippen molar-refractivity contribution in [3.05, 3.63) is 51.6 Å². The molecule has 110 valence electrons. The van der Waals surface area contributed by atoms with Gasteiger partial charge in [-0.3, -0.25) is 14.2 Å². The van der Waals surface area contributed by atoms with Gasteiger partial charge in [0, 0.05) is 30.5 Å². The number of benzene rings is 1. The number of aromatic nitrogens is 2. The van der Waals surface area contributed by atoms with E-state index < -0.39 is 0 Å². The molecule has 1 aromatic heterocycles. The van der Waals surface area contributed by atoms with Crippen LogP contribution in [0.1, 0.15) is 12.8 Å². The molecule has 0 aliphatic carbocycles. The van der Waals surface area contributed by atoms with Crippen LogP contribution in [0.2, 0.25) is 0 Å². The average Bonchev–Trinajstić information content (AvgIpc) is 2.43. The molecule has 2 rings (SSSR count). The van der Waals surface area contributed by atoms with E-state index in [1.807, 2.05) is 0 Å². The molecule has 1 amide bonds. The number of halogens is 1. The highest BCUT2D eigenvalue weighted by Crippen LogP contribution is 2.12. The first-order chi connectivity index (χ1) is 10.1. The summed E-state index contributed by atoms with van der Waals surface area (Å²) >= 11 is 3.13. The lowest BCUT2D eigenvalue weighted by Crippen LogP contribution is -2.21. The van der Waals surface area contributed by atoms with Crippen LogP contribution in [0.15, 0.2) is 46.1 Å². The van der Waals surface area contributed by atoms with Gasteiger partial charge in [-0.05, 0) is 40.5 Å². The number of nitrogen functional groups attached to an aromatic ring is 1. The molecule has 1 heterocycles. The predicted octanol–water partition coefficient (Wildman–Crippen LogP) is 2.01. The Labute approximate surface area is 130 Å². The number of nitrogens with zero attached hydrogens (tertiary/aromatic N) is 2. The second-order valence-corrected chi connectivity index (χ2v) is 5.37. The number of amides is 1. The zero-order valence-corrected chi connectivity index (χ0v) is 12.8. The van der Waals surface area contributed by atoms with Crippen LogP contribution >= 0.6 is 15.9 Å². The van der Waals surface area contributed by atoms with Gasteiger partial charge in [-0.15, -0.1) is 0 Å². The van der Waals surface area contributed by atoms with E-state index in [9.17, 15) is 9.59 Å². The molecule has 0 fully saturated rings. The summed E-state index contributed by atoms with van der Waals surface area (Å²) in [5.41, 5.74) is 6.75. The summed E-state index contributed by atoms with van der Waals surface area (Å²) < 4.78 is 1.88. The molecule has 0 saturated carbocycles. The number of hydrogen-bond donors (Lipinski definition) is 2. The monoisotopic (exact) mass is 350 g/mol. The third-order valence-corrected chi connectivity index (χ3v) is 3.38. The largest absolute Gasteiger partial charge is 0.399 e. The Morgan fingerprint density at radius 1 is 1.43 bits per heavy atom. The van der Waals surface area contributed by atoms with Crippen LogP contribution in [-0.2, 0) is 11.3 Å². The van der Waals surface area contributed by atoms with E-state index in [0.29, 0.717) is 35.2 Å². The number of hydrogen-bond acceptors (Lipinski definition) is 4. The van der Waals surface area contributed by atoms with Gasteiger partial charge in [0.1, 0.15) is 4.47 Å². The standard InChI is InChI=1S/C14H15BrN4O2/c15-12-8-17-9-19(14(12)21)6-2-5-13(20)18-11-4-1-3-10(16)7-11/h1,3-4,7-9H,2,5-6,16H2,(H,18,20). The fraction of sp³-hybridized carbons (Fsp3) is 0.214. The number of aryl methyl sites for hydroxylation is 1. The van der Waals surface area contributed by atoms with E-state index in [0.717, 1.165) is 0 Å². The zero-order valence-electron chi connectivity index (χ0n) is 11.3. The van der Waals surface area contributed by atoms with Crippen LogP contribution in [-0.4, -0.2) is 15.5 Å². The first-order valence-corrected chi connectivity index (χ1v) is 7.21. The lowest BCUT2D eigenvalue weighted by molar-refractivity contribution is -0.116. The summed E-state index contributed by atoms with van der Waals surface area (Å²) in [6, 6.07) is 7.00. The molecular weight excluding hydrogens is 336 g/mol. The molecule has 7 heteroatoms. The van der Waals surface area contributed by atoms with Gasteiger partial charge in [-0.2, -0.15) is 0 Å². The van der Waals surface area contributed by atoms with Gasteiger partial charge in [0.25, 0.3) is 5.56 Å². The van der Waals surface area contributed by atoms with E-state index in [4.69, 9.17) is 5.73 Å². The second-order valence-electron chi connectivity index (χ2n) is 4.52. The van der Waals surface area contributed by atoms with Crippen LogP contribution in [0.3, 0.4) is 0 Å². The Kier molecular flexibility index (Phi) is 5.10. The fourth-order valence-electron chi connectivity index (χ4n) is 1.83. The smallest absolute Gasteiger partial charge is 0.267 e. The van der Waals surface area contributed by atoms with Crippen molar-refractivity contribution in [3.63, 3.8) is 0 Å². The quantitative estimate of drug-likeness (QED) is 0.807. The highest BCUT2D eigenvalue weighted by atomic mass is 79.9. The van der Waals surface area contributed by atoms with Gasteiger partial charge >= 0.3 is 0 Å². The molecule has 6 nitrogen and oxygen atoms in total. The van der Waals surface area contributed by atoms with Gasteiger partial charge in [-0.25, -0.2) is 4.98 Å². The topological polar surface area (TPSA) is 90.0 Å². The summed E-state index contributed by atoms with van der Waals surface area (Å²) in [6.45, 7) is 0.440. The molecule has 2 aromatic rings. The van der Waals surface area contributed by atoms with Crippen LogP contribution in [0.25, 0.3) is 0 Å². The molecule has 0 spiro atoms. The lowest BCUT2D eigenvalue weighted by atomic mass is 10.2. The molecule has 0 radical (unpaired) electrons. The molecule has 0 aliphatic heterocycles. The minimum Gasteiger partial charge on any atom is -0.399 e. The van der Waals surface area contributed by atoms with Crippen LogP contribution in [0.4, 0.5) is 11.4 Å². The highest BCUT2D eigenvalue weighted by Gasteiger charge is 2.05. The number of carbonyl (C=O) groups is 1. The number of carbonyl (C=O) groups excluding carboxylic acids is 1. The van der Waals surface area contributed by atoms with E-state index in [2.05, 4.69) is 26.2 Å². The van der Waals surface area contributed by atoms with Crippen molar-refractivity contribution in [2.45, 2.75) is 19.4 Å². The van der Waals surface area contributed by atoms with Crippen LogP contribution in [0, 0.1) is 0 Å². The zero-order chi connectivity index (χ0) is 15.2. The number of nitrogens with one attached hydrogen (secondary N) is 1. The highest BCUT2D eigenvalue weighted by molar-refractivity contribution is 9.10. The molecule has 0 bridgehead atoms. The summed E-state index contributed by atoms with van der Waals surface area (Å²) in [5, 5.41) is 2.76. The van der Waals surface area contributed by atoms with E-state index in [1.54, 1.807) is 24.3 Å². The van der Waals surface area contributed by atoms with Crippen LogP contribution < -0.4 is 16.6 Å². The minimum absolute atomic E-state index is 0.114. The Morgan fingerprint density at radius 2 is 2.24 bits per heavy atom. The maximum atomic E-state index is 11.8. The van der Waals surface area contributed by atoms with Gasteiger partial charge in [0.2, 0.25) is 5.91 Å². The summed E-state index contributed by atoms with van der Waals surface area (Å²) in [6.07, 6.45) is 3.77. The molecule has 0 unspecified atom stereocenters. The predicted molar refractivity (Wildman–Crippen MR) is 84.9 cm³/mol. The van der Waals surface area contributed by atoms with E-state index in [1.165, 1.54) is 17.1 Å². The molecule has 3 N–H and O–H groups in total. The van der Waals surface area contributed by atoms with Gasteiger partial charge < -0.3 is 11.1 Å². The summed E-state index contributed by atoms with van der Waals surface area (Å²) in [4.78, 5) is 27.5. The lowest BCUT2D eigenvalue weighted by Gasteiger charge is -2.07. The van der Waals surface area contributed by atoms with Gasteiger partial charge in [0.15, 0.2) is 0 Å². The average molecular weight is 351 g/mol. The first-order valence-electron chi connectivity index (χ1n) is 6.41. The molecule has 0 saturated heterocycles. The van der Waals surface area contributed by atoms with Crippen molar-refractivity contribution in [2.75, 3.05) is 11.1 Å². The van der Waals surface area contributed by atoms with Crippen molar-refractivity contribution < 1.29 is 4.79 Å². The molecule has 1 aromatic carbocycles. The number of nitrogens with two attached hydrogens (primary N) is 1. The van der Waals surface area contributed by atoms with Crippen molar-refractivity contribution >= 4 is 33.2 Å². The summed E-state index contributed by atoms with van der Waals surface area (Å²) in [5.74, 6) is -0.114. The number of anilines is 2. The molecule has 0 aliphatic rings. The molecule has 0 atom stereocenters. The Hall–Kier alpha value is -2.15. The summed E-state index contributed by atoms with van der Waals surface area (Å²) in [7, 11) is 0. The van der Waals surface area contributed by atoms with Crippen molar-refractivity contribution in [2.24, 2.45) is 0 Å². The third kappa shape index (κ3) is 4.42. The second kappa shape index (κ2) is 7.03.